The first-order valence-corrected chi connectivity index (χ1v) is 10.8. The molecule has 0 unspecified atom stereocenters. The number of ether oxygens (including phenoxy) is 1. The van der Waals surface area contributed by atoms with Gasteiger partial charge >= 0.3 is 0 Å². The second-order valence-corrected chi connectivity index (χ2v) is 8.19. The van der Waals surface area contributed by atoms with Crippen LogP contribution in [0.3, 0.4) is 0 Å². The van der Waals surface area contributed by atoms with Gasteiger partial charge in [0, 0.05) is 38.7 Å². The van der Waals surface area contributed by atoms with Crippen molar-refractivity contribution in [2.24, 2.45) is 0 Å². The highest BCUT2D eigenvalue weighted by Crippen LogP contribution is 2.33. The minimum atomic E-state index is -0.0296. The van der Waals surface area contributed by atoms with Gasteiger partial charge in [0.05, 0.1) is 18.8 Å². The normalized spacial score (nSPS) is 18.9. The molecule has 7 nitrogen and oxygen atoms in total. The number of anilines is 1. The minimum absolute atomic E-state index is 0.0296. The van der Waals surface area contributed by atoms with E-state index in [0.29, 0.717) is 6.42 Å². The number of rotatable bonds is 6. The average Bonchev–Trinajstić information content (AvgIpc) is 3.27. The van der Waals surface area contributed by atoms with Gasteiger partial charge in [-0.2, -0.15) is 0 Å². The van der Waals surface area contributed by atoms with E-state index in [1.807, 2.05) is 36.2 Å². The Morgan fingerprint density at radius 1 is 1.23 bits per heavy atom. The third kappa shape index (κ3) is 4.26. The van der Waals surface area contributed by atoms with Crippen LogP contribution in [0.15, 0.2) is 24.3 Å². The number of carbonyl (C=O) groups excluding carboxylic acids is 1. The summed E-state index contributed by atoms with van der Waals surface area (Å²) in [4.78, 5) is 27.1. The quantitative estimate of drug-likeness (QED) is 0.791. The molecule has 1 aromatic heterocycles. The van der Waals surface area contributed by atoms with Crippen LogP contribution in [0.4, 0.5) is 5.82 Å². The summed E-state index contributed by atoms with van der Waals surface area (Å²) in [6.45, 7) is 2.63. The number of carbonyl (C=O) groups is 1. The third-order valence-corrected chi connectivity index (χ3v) is 6.17. The number of hydrogen-bond donors (Lipinski definition) is 1. The van der Waals surface area contributed by atoms with Crippen molar-refractivity contribution in [3.8, 4) is 5.75 Å². The van der Waals surface area contributed by atoms with E-state index in [2.05, 4.69) is 17.3 Å². The van der Waals surface area contributed by atoms with Crippen LogP contribution in [0, 0.1) is 0 Å². The zero-order valence-corrected chi connectivity index (χ0v) is 18.1. The predicted molar refractivity (Wildman–Crippen MR) is 117 cm³/mol. The molecule has 7 heteroatoms. The fourth-order valence-electron chi connectivity index (χ4n) is 4.46. The van der Waals surface area contributed by atoms with E-state index in [4.69, 9.17) is 14.7 Å². The molecule has 2 aliphatic rings. The second kappa shape index (κ2) is 9.00. The van der Waals surface area contributed by atoms with Crippen LogP contribution in [-0.4, -0.2) is 60.0 Å². The third-order valence-electron chi connectivity index (χ3n) is 6.17. The molecule has 1 N–H and O–H groups in total. The smallest absolute Gasteiger partial charge is 0.223 e. The Kier molecular flexibility index (Phi) is 6.18. The monoisotopic (exact) mass is 409 g/mol. The Morgan fingerprint density at radius 3 is 2.77 bits per heavy atom. The lowest BCUT2D eigenvalue weighted by atomic mass is 10.0. The number of aryl methyl sites for hydroxylation is 1. The summed E-state index contributed by atoms with van der Waals surface area (Å²) in [7, 11) is 5.69. The Hall–Kier alpha value is -2.67. The summed E-state index contributed by atoms with van der Waals surface area (Å²) in [6.07, 6.45) is 4.09. The largest absolute Gasteiger partial charge is 0.497 e. The lowest BCUT2D eigenvalue weighted by Gasteiger charge is -2.28. The van der Waals surface area contributed by atoms with Gasteiger partial charge in [-0.15, -0.1) is 0 Å². The van der Waals surface area contributed by atoms with Gasteiger partial charge in [0.1, 0.15) is 11.6 Å². The molecule has 3 heterocycles. The molecule has 0 saturated carbocycles. The lowest BCUT2D eigenvalue weighted by Crippen LogP contribution is -2.33. The van der Waals surface area contributed by atoms with Gasteiger partial charge in [0.2, 0.25) is 5.91 Å². The molecule has 1 aromatic carbocycles. The number of hydrogen-bond acceptors (Lipinski definition) is 6. The standard InChI is InChI=1S/C23H31N5O2/c1-24-22-18-12-14-27(2)15-19(18)25-23(26-22)20-5-4-13-28(20)21(29)11-8-16-6-9-17(30-3)10-7-16/h6-7,9-10,20H,4-5,8,11-15H2,1-3H3,(H,24,25,26)/t20-/m1/s1. The van der Waals surface area contributed by atoms with Gasteiger partial charge in [0.15, 0.2) is 5.82 Å². The maximum absolute atomic E-state index is 13.0. The Balaban J connectivity index is 1.48. The first kappa shape index (κ1) is 20.6. The summed E-state index contributed by atoms with van der Waals surface area (Å²) >= 11 is 0. The van der Waals surface area contributed by atoms with Crippen molar-refractivity contribution in [2.45, 2.75) is 44.7 Å². The number of nitrogens with one attached hydrogen (secondary N) is 1. The fraction of sp³-hybridized carbons (Fsp3) is 0.522. The minimum Gasteiger partial charge on any atom is -0.497 e. The van der Waals surface area contributed by atoms with Crippen LogP contribution < -0.4 is 10.1 Å². The molecule has 4 rings (SSSR count). The highest BCUT2D eigenvalue weighted by Gasteiger charge is 2.33. The number of amides is 1. The van der Waals surface area contributed by atoms with Gasteiger partial charge in [-0.25, -0.2) is 9.97 Å². The first-order chi connectivity index (χ1) is 14.6. The number of nitrogens with zero attached hydrogens (tertiary/aromatic N) is 4. The Labute approximate surface area is 178 Å². The maximum atomic E-state index is 13.0. The van der Waals surface area contributed by atoms with Crippen LogP contribution in [0.5, 0.6) is 5.75 Å². The average molecular weight is 410 g/mol. The molecular formula is C23H31N5O2. The highest BCUT2D eigenvalue weighted by molar-refractivity contribution is 5.77. The zero-order chi connectivity index (χ0) is 21.1. The van der Waals surface area contributed by atoms with Crippen molar-refractivity contribution in [1.82, 2.24) is 19.8 Å². The second-order valence-electron chi connectivity index (χ2n) is 8.19. The summed E-state index contributed by atoms with van der Waals surface area (Å²) in [6, 6.07) is 7.90. The SMILES string of the molecule is CNc1nc([C@H]2CCCN2C(=O)CCc2ccc(OC)cc2)nc2c1CCN(C)C2. The van der Waals surface area contributed by atoms with Crippen molar-refractivity contribution in [2.75, 3.05) is 39.6 Å². The molecule has 0 aliphatic carbocycles. The number of methoxy groups -OCH3 is 1. The van der Waals surface area contributed by atoms with Gasteiger partial charge in [-0.05, 0) is 50.4 Å². The van der Waals surface area contributed by atoms with Crippen LogP contribution >= 0.6 is 0 Å². The van der Waals surface area contributed by atoms with Crippen molar-refractivity contribution >= 4 is 11.7 Å². The van der Waals surface area contributed by atoms with Crippen LogP contribution in [0.25, 0.3) is 0 Å². The topological polar surface area (TPSA) is 70.6 Å². The van der Waals surface area contributed by atoms with E-state index in [9.17, 15) is 4.79 Å². The lowest BCUT2D eigenvalue weighted by molar-refractivity contribution is -0.132. The number of fused-ring (bicyclic) bond motifs is 1. The maximum Gasteiger partial charge on any atom is 0.223 e. The molecule has 1 atom stereocenters. The molecular weight excluding hydrogens is 378 g/mol. The number of likely N-dealkylation sites (N-methyl/N-ethyl adjacent to an activating group) is 1. The van der Waals surface area contributed by atoms with Crippen molar-refractivity contribution in [3.05, 3.63) is 46.9 Å². The Bertz CT molecular complexity index is 899. The summed E-state index contributed by atoms with van der Waals surface area (Å²) in [5.41, 5.74) is 3.45. The van der Waals surface area contributed by atoms with Gasteiger partial charge in [-0.3, -0.25) is 4.79 Å². The van der Waals surface area contributed by atoms with Crippen LogP contribution in [-0.2, 0) is 24.2 Å². The number of likely N-dealkylation sites (tertiary alicyclic amines) is 1. The van der Waals surface area contributed by atoms with Crippen LogP contribution in [0.1, 0.15) is 47.9 Å². The number of aromatic nitrogens is 2. The molecule has 1 saturated heterocycles. The van der Waals surface area contributed by atoms with Crippen LogP contribution in [0.2, 0.25) is 0 Å². The van der Waals surface area contributed by atoms with E-state index in [-0.39, 0.29) is 11.9 Å². The van der Waals surface area contributed by atoms with Crippen molar-refractivity contribution in [3.63, 3.8) is 0 Å². The fourth-order valence-corrected chi connectivity index (χ4v) is 4.46. The van der Waals surface area contributed by atoms with Crippen molar-refractivity contribution < 1.29 is 9.53 Å². The number of benzene rings is 1. The molecule has 2 aromatic rings. The highest BCUT2D eigenvalue weighted by atomic mass is 16.5. The summed E-state index contributed by atoms with van der Waals surface area (Å²) < 4.78 is 5.21. The van der Waals surface area contributed by atoms with Gasteiger partial charge in [-0.1, -0.05) is 12.1 Å². The van der Waals surface area contributed by atoms with E-state index >= 15 is 0 Å². The summed E-state index contributed by atoms with van der Waals surface area (Å²) in [5, 5.41) is 3.25. The summed E-state index contributed by atoms with van der Waals surface area (Å²) in [5.74, 6) is 2.71. The predicted octanol–water partition coefficient (Wildman–Crippen LogP) is 2.81. The zero-order valence-electron chi connectivity index (χ0n) is 18.1. The van der Waals surface area contributed by atoms with Crippen molar-refractivity contribution in [1.29, 1.82) is 0 Å². The van der Waals surface area contributed by atoms with E-state index < -0.39 is 0 Å². The molecule has 1 amide bonds. The van der Waals surface area contributed by atoms with E-state index in [1.54, 1.807) is 7.11 Å². The van der Waals surface area contributed by atoms with Gasteiger partial charge < -0.3 is 19.9 Å². The first-order valence-electron chi connectivity index (χ1n) is 10.8. The molecule has 2 aliphatic heterocycles. The molecule has 160 valence electrons. The van der Waals surface area contributed by atoms with E-state index in [0.717, 1.165) is 74.0 Å². The van der Waals surface area contributed by atoms with E-state index in [1.165, 1.54) is 5.56 Å². The molecule has 30 heavy (non-hydrogen) atoms. The molecule has 0 spiro atoms. The molecule has 0 bridgehead atoms. The molecule has 1 fully saturated rings. The Morgan fingerprint density at radius 2 is 2.03 bits per heavy atom. The van der Waals surface area contributed by atoms with Gasteiger partial charge in [0.25, 0.3) is 0 Å². The molecule has 0 radical (unpaired) electrons.